The summed E-state index contributed by atoms with van der Waals surface area (Å²) in [5.74, 6) is -0.0579. The van der Waals surface area contributed by atoms with Gasteiger partial charge in [-0.1, -0.05) is 0 Å². The normalized spacial score (nSPS) is 21.7. The summed E-state index contributed by atoms with van der Waals surface area (Å²) in [7, 11) is 0. The smallest absolute Gasteiger partial charge is 0.145 e. The number of nitrogen functional groups attached to an aromatic ring is 1. The Balaban J connectivity index is 2.42. The van der Waals surface area contributed by atoms with Gasteiger partial charge in [0.25, 0.3) is 0 Å². The number of nitrogens with two attached hydrogens (primary N) is 1. The summed E-state index contributed by atoms with van der Waals surface area (Å²) in [6, 6.07) is -1.02. The summed E-state index contributed by atoms with van der Waals surface area (Å²) < 4.78 is 40.5. The molecule has 64 valence electrons. The van der Waals surface area contributed by atoms with Crippen LogP contribution in [0.5, 0.6) is 5.75 Å². The molecule has 1 heterocycles. The number of hydrogen-bond acceptors (Lipinski definition) is 3. The third kappa shape index (κ3) is 1.51. The fraction of sp³-hybridized carbons (Fsp3) is 0.333. The van der Waals surface area contributed by atoms with Crippen LogP contribution < -0.4 is 10.5 Å². The van der Waals surface area contributed by atoms with E-state index in [0.29, 0.717) is 13.2 Å². The van der Waals surface area contributed by atoms with E-state index in [1.54, 1.807) is 0 Å². The number of benzene rings is 1. The van der Waals surface area contributed by atoms with Gasteiger partial charge < -0.3 is 15.2 Å². The van der Waals surface area contributed by atoms with E-state index in [0.717, 1.165) is 0 Å². The van der Waals surface area contributed by atoms with E-state index in [-0.39, 0.29) is 41.7 Å². The first-order valence-electron chi connectivity index (χ1n) is 5.62. The maximum atomic E-state index is 7.63. The van der Waals surface area contributed by atoms with E-state index in [1.165, 1.54) is 0 Å². The van der Waals surface area contributed by atoms with Crippen LogP contribution >= 0.6 is 0 Å². The van der Waals surface area contributed by atoms with Crippen LogP contribution in [-0.2, 0) is 4.74 Å². The van der Waals surface area contributed by atoms with Crippen molar-refractivity contribution in [1.82, 2.24) is 0 Å². The summed E-state index contributed by atoms with van der Waals surface area (Å²) in [6.07, 6.45) is -0.198. The molecule has 3 nitrogen and oxygen atoms in total. The summed E-state index contributed by atoms with van der Waals surface area (Å²) in [6.45, 7) is 0.813. The molecule has 0 aliphatic carbocycles. The van der Waals surface area contributed by atoms with Crippen LogP contribution in [0.1, 0.15) is 5.48 Å². The molecule has 1 aliphatic rings. The van der Waals surface area contributed by atoms with E-state index in [2.05, 4.69) is 0 Å². The largest absolute Gasteiger partial charge is 0.486 e. The zero-order valence-electron chi connectivity index (χ0n) is 10.4. The molecular weight excluding hydrogens is 154 g/mol. The van der Waals surface area contributed by atoms with Gasteiger partial charge in [0.2, 0.25) is 0 Å². The molecule has 0 atom stereocenters. The second-order valence-electron chi connectivity index (χ2n) is 2.52. The molecule has 0 aromatic heterocycles. The van der Waals surface area contributed by atoms with Crippen LogP contribution in [0, 0.1) is 0 Å². The highest BCUT2D eigenvalue weighted by Gasteiger charge is 2.19. The first-order valence-corrected chi connectivity index (χ1v) is 3.62. The zero-order valence-corrected chi connectivity index (χ0v) is 6.39. The molecule has 0 spiro atoms. The minimum absolute atomic E-state index is 0.0579. The van der Waals surface area contributed by atoms with Crippen molar-refractivity contribution in [3.8, 4) is 5.75 Å². The van der Waals surface area contributed by atoms with Crippen molar-refractivity contribution in [2.75, 3.05) is 18.9 Å². The Bertz CT molecular complexity index is 405. The first kappa shape index (κ1) is 4.14. The fourth-order valence-corrected chi connectivity index (χ4v) is 0.818. The fourth-order valence-electron chi connectivity index (χ4n) is 0.818. The van der Waals surface area contributed by atoms with Crippen molar-refractivity contribution in [3.63, 3.8) is 0 Å². The Morgan fingerprint density at radius 1 is 1.42 bits per heavy atom. The van der Waals surface area contributed by atoms with Crippen LogP contribution in [0.15, 0.2) is 24.2 Å². The van der Waals surface area contributed by atoms with Gasteiger partial charge in [0.15, 0.2) is 0 Å². The maximum absolute atomic E-state index is 7.63. The molecule has 0 saturated carbocycles. The minimum Gasteiger partial charge on any atom is -0.486 e. The molecule has 3 heteroatoms. The third-order valence-electron chi connectivity index (χ3n) is 1.51. The Kier molecular flexibility index (Phi) is 1.04. The van der Waals surface area contributed by atoms with Crippen molar-refractivity contribution >= 4 is 5.69 Å². The van der Waals surface area contributed by atoms with Crippen LogP contribution in [0.25, 0.3) is 0 Å². The highest BCUT2D eigenvalue weighted by Crippen LogP contribution is 2.17. The Morgan fingerprint density at radius 3 is 2.58 bits per heavy atom. The SMILES string of the molecule is [2H]c1c([2H])c(OC2COC2)c([2H])c([2H])c1N. The van der Waals surface area contributed by atoms with Crippen molar-refractivity contribution < 1.29 is 15.0 Å². The molecule has 1 fully saturated rings. The van der Waals surface area contributed by atoms with Gasteiger partial charge in [-0.2, -0.15) is 0 Å². The van der Waals surface area contributed by atoms with Crippen LogP contribution in [-0.4, -0.2) is 19.3 Å². The molecule has 1 aromatic rings. The lowest BCUT2D eigenvalue weighted by Gasteiger charge is -2.26. The topological polar surface area (TPSA) is 44.5 Å². The maximum Gasteiger partial charge on any atom is 0.145 e. The van der Waals surface area contributed by atoms with E-state index >= 15 is 0 Å². The molecule has 12 heavy (non-hydrogen) atoms. The lowest BCUT2D eigenvalue weighted by molar-refractivity contribution is -0.0796. The van der Waals surface area contributed by atoms with Crippen LogP contribution in [0.2, 0.25) is 0 Å². The molecule has 2 N–H and O–H groups in total. The van der Waals surface area contributed by atoms with Crippen molar-refractivity contribution in [1.29, 1.82) is 0 Å². The summed E-state index contributed by atoms with van der Waals surface area (Å²) in [5, 5.41) is 0. The Labute approximate surface area is 76.7 Å². The van der Waals surface area contributed by atoms with Crippen LogP contribution in [0.3, 0.4) is 0 Å². The minimum atomic E-state index is -0.267. The van der Waals surface area contributed by atoms with Crippen LogP contribution in [0.4, 0.5) is 5.69 Å². The average molecular weight is 169 g/mol. The van der Waals surface area contributed by atoms with Gasteiger partial charge in [-0.05, 0) is 24.2 Å². The molecule has 2 rings (SSSR count). The quantitative estimate of drug-likeness (QED) is 0.673. The molecule has 0 amide bonds. The van der Waals surface area contributed by atoms with Crippen molar-refractivity contribution in [3.05, 3.63) is 24.2 Å². The lowest BCUT2D eigenvalue weighted by atomic mass is 10.3. The van der Waals surface area contributed by atoms with Gasteiger partial charge in [0.05, 0.1) is 18.7 Å². The molecule has 1 aliphatic heterocycles. The number of rotatable bonds is 2. The Morgan fingerprint density at radius 2 is 2.08 bits per heavy atom. The molecule has 1 saturated heterocycles. The third-order valence-corrected chi connectivity index (χ3v) is 1.51. The summed E-state index contributed by atoms with van der Waals surface area (Å²) >= 11 is 0. The number of anilines is 1. The van der Waals surface area contributed by atoms with Gasteiger partial charge in [0.1, 0.15) is 11.9 Å². The predicted octanol–water partition coefficient (Wildman–Crippen LogP) is 1.05. The second kappa shape index (κ2) is 3.03. The van der Waals surface area contributed by atoms with Crippen molar-refractivity contribution in [2.24, 2.45) is 0 Å². The molecule has 1 aromatic carbocycles. The standard InChI is InChI=1S/C9H11NO2/c10-7-1-3-8(4-2-7)12-9-5-11-6-9/h1-4,9H,5-6,10H2/i1D,2D,3D,4D. The molecule has 0 unspecified atom stereocenters. The van der Waals surface area contributed by atoms with E-state index in [4.69, 9.17) is 20.7 Å². The van der Waals surface area contributed by atoms with Crippen molar-refractivity contribution in [2.45, 2.75) is 6.10 Å². The number of ether oxygens (including phenoxy) is 2. The lowest BCUT2D eigenvalue weighted by Crippen LogP contribution is -2.38. The summed E-state index contributed by atoms with van der Waals surface area (Å²) in [4.78, 5) is 0. The van der Waals surface area contributed by atoms with Gasteiger partial charge in [-0.25, -0.2) is 0 Å². The van der Waals surface area contributed by atoms with E-state index in [1.807, 2.05) is 0 Å². The number of hydrogen-bond donors (Lipinski definition) is 1. The predicted molar refractivity (Wildman–Crippen MR) is 46.1 cm³/mol. The zero-order chi connectivity index (χ0) is 11.9. The molecular formula is C9H11NO2. The van der Waals surface area contributed by atoms with E-state index in [9.17, 15) is 0 Å². The first-order chi connectivity index (χ1) is 7.52. The van der Waals surface area contributed by atoms with Gasteiger partial charge in [-0.3, -0.25) is 0 Å². The van der Waals surface area contributed by atoms with Gasteiger partial charge in [-0.15, -0.1) is 0 Å². The van der Waals surface area contributed by atoms with Gasteiger partial charge >= 0.3 is 0 Å². The highest BCUT2D eigenvalue weighted by molar-refractivity contribution is 5.41. The average Bonchev–Trinajstić information content (AvgIpc) is 2.21. The van der Waals surface area contributed by atoms with Gasteiger partial charge in [0, 0.05) is 5.69 Å². The highest BCUT2D eigenvalue weighted by atomic mass is 16.6. The summed E-state index contributed by atoms with van der Waals surface area (Å²) in [5.41, 5.74) is 5.27. The Hall–Kier alpha value is -1.22. The molecule has 0 radical (unpaired) electrons. The molecule has 0 bridgehead atoms. The van der Waals surface area contributed by atoms with E-state index < -0.39 is 0 Å². The second-order valence-corrected chi connectivity index (χ2v) is 2.52. The monoisotopic (exact) mass is 169 g/mol.